The van der Waals surface area contributed by atoms with Crippen molar-refractivity contribution in [3.8, 4) is 0 Å². The van der Waals surface area contributed by atoms with Gasteiger partial charge in [0, 0.05) is 12.2 Å². The molecule has 5 heteroatoms. The van der Waals surface area contributed by atoms with Crippen LogP contribution in [0.1, 0.15) is 11.1 Å². The van der Waals surface area contributed by atoms with E-state index in [1.54, 1.807) is 0 Å². The average molecular weight is 233 g/mol. The van der Waals surface area contributed by atoms with Crippen molar-refractivity contribution < 1.29 is 9.59 Å². The van der Waals surface area contributed by atoms with Crippen LogP contribution in [0, 0.1) is 0 Å². The van der Waals surface area contributed by atoms with Gasteiger partial charge in [0.2, 0.25) is 11.8 Å². The van der Waals surface area contributed by atoms with Crippen LogP contribution in [0.4, 0.5) is 5.69 Å². The molecule has 0 bridgehead atoms. The normalized spacial score (nSPS) is 13.6. The van der Waals surface area contributed by atoms with Crippen molar-refractivity contribution in [3.63, 3.8) is 0 Å². The molecule has 0 aliphatic carbocycles. The van der Waals surface area contributed by atoms with Crippen molar-refractivity contribution in [2.45, 2.75) is 13.0 Å². The van der Waals surface area contributed by atoms with Gasteiger partial charge in [0.1, 0.15) is 0 Å². The van der Waals surface area contributed by atoms with Gasteiger partial charge in [0.25, 0.3) is 0 Å². The van der Waals surface area contributed by atoms with E-state index in [1.807, 2.05) is 30.1 Å². The Morgan fingerprint density at radius 1 is 1.53 bits per heavy atom. The first-order valence-corrected chi connectivity index (χ1v) is 5.43. The van der Waals surface area contributed by atoms with Crippen LogP contribution in [0.15, 0.2) is 18.2 Å². The number of nitrogens with one attached hydrogen (secondary N) is 1. The number of rotatable bonds is 4. The molecule has 0 aromatic heterocycles. The molecule has 1 heterocycles. The molecule has 1 aliphatic heterocycles. The van der Waals surface area contributed by atoms with Gasteiger partial charge in [-0.05, 0) is 24.2 Å². The molecule has 17 heavy (non-hydrogen) atoms. The monoisotopic (exact) mass is 233 g/mol. The Labute approximate surface area is 99.6 Å². The van der Waals surface area contributed by atoms with Gasteiger partial charge in [-0.2, -0.15) is 0 Å². The molecule has 5 nitrogen and oxygen atoms in total. The lowest BCUT2D eigenvalue weighted by Crippen LogP contribution is -2.30. The summed E-state index contributed by atoms with van der Waals surface area (Å²) in [5, 5.41) is 2.78. The molecular weight excluding hydrogens is 218 g/mol. The first-order chi connectivity index (χ1) is 8.04. The quantitative estimate of drug-likeness (QED) is 0.774. The van der Waals surface area contributed by atoms with E-state index in [9.17, 15) is 9.59 Å². The fraction of sp³-hybridized carbons (Fsp3) is 0.333. The van der Waals surface area contributed by atoms with Gasteiger partial charge in [-0.1, -0.05) is 12.1 Å². The van der Waals surface area contributed by atoms with E-state index in [4.69, 9.17) is 5.73 Å². The lowest BCUT2D eigenvalue weighted by molar-refractivity contribution is -0.119. The van der Waals surface area contributed by atoms with Crippen molar-refractivity contribution in [1.29, 1.82) is 0 Å². The summed E-state index contributed by atoms with van der Waals surface area (Å²) in [6.45, 7) is 0.874. The first-order valence-electron chi connectivity index (χ1n) is 5.43. The number of fused-ring (bicyclic) bond motifs is 1. The van der Waals surface area contributed by atoms with Crippen molar-refractivity contribution in [2.75, 3.05) is 18.9 Å². The van der Waals surface area contributed by atoms with E-state index >= 15 is 0 Å². The number of nitrogens with two attached hydrogens (primary N) is 1. The minimum absolute atomic E-state index is 0.0302. The third-order valence-corrected chi connectivity index (χ3v) is 2.67. The van der Waals surface area contributed by atoms with Gasteiger partial charge in [0.05, 0.1) is 13.0 Å². The lowest BCUT2D eigenvalue weighted by Gasteiger charge is -2.14. The van der Waals surface area contributed by atoms with E-state index in [-0.39, 0.29) is 18.4 Å². The molecule has 0 fully saturated rings. The fourth-order valence-corrected chi connectivity index (χ4v) is 2.01. The van der Waals surface area contributed by atoms with Gasteiger partial charge in [-0.25, -0.2) is 0 Å². The van der Waals surface area contributed by atoms with Crippen LogP contribution >= 0.6 is 0 Å². The summed E-state index contributed by atoms with van der Waals surface area (Å²) in [5.41, 5.74) is 8.09. The summed E-state index contributed by atoms with van der Waals surface area (Å²) in [6, 6.07) is 5.83. The molecule has 3 N–H and O–H groups in total. The molecule has 2 amide bonds. The molecule has 90 valence electrons. The van der Waals surface area contributed by atoms with Crippen LogP contribution in [-0.4, -0.2) is 30.3 Å². The van der Waals surface area contributed by atoms with Crippen molar-refractivity contribution >= 4 is 17.5 Å². The fourth-order valence-electron chi connectivity index (χ4n) is 2.01. The summed E-state index contributed by atoms with van der Waals surface area (Å²) in [7, 11) is 1.83. The maximum atomic E-state index is 11.2. The molecule has 0 atom stereocenters. The second-order valence-corrected chi connectivity index (χ2v) is 4.36. The Hall–Kier alpha value is -1.88. The molecule has 0 radical (unpaired) electrons. The highest BCUT2D eigenvalue weighted by Crippen LogP contribution is 2.24. The van der Waals surface area contributed by atoms with Crippen molar-refractivity contribution in [3.05, 3.63) is 29.3 Å². The third kappa shape index (κ3) is 2.82. The Kier molecular flexibility index (Phi) is 3.10. The van der Waals surface area contributed by atoms with Crippen molar-refractivity contribution in [1.82, 2.24) is 4.90 Å². The molecule has 2 rings (SSSR count). The predicted molar refractivity (Wildman–Crippen MR) is 64.3 cm³/mol. The topological polar surface area (TPSA) is 75.4 Å². The van der Waals surface area contributed by atoms with E-state index in [2.05, 4.69) is 5.32 Å². The van der Waals surface area contributed by atoms with Gasteiger partial charge in [0.15, 0.2) is 0 Å². The molecule has 0 saturated carbocycles. The van der Waals surface area contributed by atoms with Gasteiger partial charge in [-0.3, -0.25) is 14.5 Å². The van der Waals surface area contributed by atoms with Gasteiger partial charge in [-0.15, -0.1) is 0 Å². The van der Waals surface area contributed by atoms with Crippen molar-refractivity contribution in [2.24, 2.45) is 5.73 Å². The lowest BCUT2D eigenvalue weighted by atomic mass is 10.1. The average Bonchev–Trinajstić information content (AvgIpc) is 2.55. The maximum Gasteiger partial charge on any atom is 0.231 e. The molecule has 0 saturated heterocycles. The van der Waals surface area contributed by atoms with Gasteiger partial charge >= 0.3 is 0 Å². The molecule has 0 unspecified atom stereocenters. The van der Waals surface area contributed by atoms with E-state index in [0.717, 1.165) is 16.8 Å². The molecule has 1 aromatic carbocycles. The number of hydrogen-bond acceptors (Lipinski definition) is 3. The second kappa shape index (κ2) is 4.55. The minimum atomic E-state index is -0.342. The highest BCUT2D eigenvalue weighted by atomic mass is 16.2. The van der Waals surface area contributed by atoms with Crippen LogP contribution in [0.3, 0.4) is 0 Å². The van der Waals surface area contributed by atoms with Gasteiger partial charge < -0.3 is 11.1 Å². The number of benzene rings is 1. The summed E-state index contributed by atoms with van der Waals surface area (Å²) in [4.78, 5) is 23.8. The largest absolute Gasteiger partial charge is 0.369 e. The number of carbonyl (C=O) groups excluding carboxylic acids is 2. The highest BCUT2D eigenvalue weighted by Gasteiger charge is 2.17. The second-order valence-electron chi connectivity index (χ2n) is 4.36. The van der Waals surface area contributed by atoms with Crippen LogP contribution in [0.2, 0.25) is 0 Å². The van der Waals surface area contributed by atoms with E-state index < -0.39 is 0 Å². The number of amides is 2. The SMILES string of the molecule is CN(CC(N)=O)Cc1ccc2c(c1)CC(=O)N2. The standard InChI is InChI=1S/C12H15N3O2/c1-15(7-11(13)16)6-8-2-3-10-9(4-8)5-12(17)14-10/h2-4H,5-7H2,1H3,(H2,13,16)(H,14,17). The Bertz CT molecular complexity index is 471. The van der Waals surface area contributed by atoms with Crippen LogP contribution in [0.5, 0.6) is 0 Å². The highest BCUT2D eigenvalue weighted by molar-refractivity contribution is 5.99. The zero-order chi connectivity index (χ0) is 12.4. The molecular formula is C12H15N3O2. The first kappa shape index (κ1) is 11.6. The molecule has 1 aromatic rings. The number of primary amides is 1. The maximum absolute atomic E-state index is 11.2. The van der Waals surface area contributed by atoms with E-state index in [1.165, 1.54) is 0 Å². The summed E-state index contributed by atoms with van der Waals surface area (Å²) in [6.07, 6.45) is 0.433. The number of likely N-dealkylation sites (N-methyl/N-ethyl adjacent to an activating group) is 1. The predicted octanol–water partition coefficient (Wildman–Crippen LogP) is 0.0983. The zero-order valence-electron chi connectivity index (χ0n) is 9.69. The van der Waals surface area contributed by atoms with Crippen LogP contribution in [-0.2, 0) is 22.6 Å². The smallest absolute Gasteiger partial charge is 0.231 e. The molecule has 1 aliphatic rings. The Morgan fingerprint density at radius 2 is 2.29 bits per heavy atom. The summed E-state index contributed by atoms with van der Waals surface area (Å²) < 4.78 is 0. The summed E-state index contributed by atoms with van der Waals surface area (Å²) >= 11 is 0. The number of carbonyl (C=O) groups is 2. The third-order valence-electron chi connectivity index (χ3n) is 2.67. The number of anilines is 1. The Morgan fingerprint density at radius 3 is 3.00 bits per heavy atom. The number of nitrogens with zero attached hydrogens (tertiary/aromatic N) is 1. The zero-order valence-corrected chi connectivity index (χ0v) is 9.69. The number of hydrogen-bond donors (Lipinski definition) is 2. The minimum Gasteiger partial charge on any atom is -0.369 e. The summed E-state index contributed by atoms with van der Waals surface area (Å²) in [5.74, 6) is -0.312. The van der Waals surface area contributed by atoms with Crippen LogP contribution in [0.25, 0.3) is 0 Å². The molecule has 0 spiro atoms. The van der Waals surface area contributed by atoms with E-state index in [0.29, 0.717) is 13.0 Å². The Balaban J connectivity index is 2.06. The van der Waals surface area contributed by atoms with Crippen LogP contribution < -0.4 is 11.1 Å².